The van der Waals surface area contributed by atoms with Crippen molar-refractivity contribution >= 4 is 5.91 Å². The van der Waals surface area contributed by atoms with Gasteiger partial charge >= 0.3 is 0 Å². The molecule has 0 spiro atoms. The number of primary amides is 1. The molecule has 1 aromatic carbocycles. The van der Waals surface area contributed by atoms with Crippen LogP contribution in [0.5, 0.6) is 5.75 Å². The topological polar surface area (TPSA) is 78.3 Å². The predicted octanol–water partition coefficient (Wildman–Crippen LogP) is 2.08. The average molecular weight is 278 g/mol. The summed E-state index contributed by atoms with van der Waals surface area (Å²) in [7, 11) is 0. The number of aryl methyl sites for hydroxylation is 2. The van der Waals surface area contributed by atoms with Crippen molar-refractivity contribution in [3.8, 4) is 5.75 Å². The molecule has 2 unspecified atom stereocenters. The lowest BCUT2D eigenvalue weighted by Crippen LogP contribution is -2.26. The minimum absolute atomic E-state index is 0.190. The van der Waals surface area contributed by atoms with Gasteiger partial charge < -0.3 is 16.2 Å². The van der Waals surface area contributed by atoms with Gasteiger partial charge in [0.1, 0.15) is 5.75 Å². The molecule has 0 aliphatic heterocycles. The van der Waals surface area contributed by atoms with Gasteiger partial charge in [-0.15, -0.1) is 0 Å². The Kier molecular flexibility index (Phi) is 6.02. The van der Waals surface area contributed by atoms with E-state index in [2.05, 4.69) is 19.1 Å². The van der Waals surface area contributed by atoms with Crippen molar-refractivity contribution in [2.24, 2.45) is 17.4 Å². The van der Waals surface area contributed by atoms with Crippen LogP contribution in [0, 0.1) is 19.8 Å². The summed E-state index contributed by atoms with van der Waals surface area (Å²) in [5.41, 5.74) is 14.6. The number of carbonyl (C=O) groups is 1. The van der Waals surface area contributed by atoms with Gasteiger partial charge in [0.05, 0.1) is 12.5 Å². The fourth-order valence-corrected chi connectivity index (χ4v) is 2.12. The van der Waals surface area contributed by atoms with Gasteiger partial charge in [-0.2, -0.15) is 0 Å². The molecule has 0 saturated heterocycles. The van der Waals surface area contributed by atoms with Gasteiger partial charge in [-0.25, -0.2) is 0 Å². The first kappa shape index (κ1) is 16.5. The van der Waals surface area contributed by atoms with Crippen molar-refractivity contribution in [2.75, 3.05) is 6.61 Å². The summed E-state index contributed by atoms with van der Waals surface area (Å²) in [5.74, 6) is 0.208. The number of amides is 1. The van der Waals surface area contributed by atoms with Crippen LogP contribution in [0.15, 0.2) is 12.1 Å². The third kappa shape index (κ3) is 4.53. The van der Waals surface area contributed by atoms with Crippen molar-refractivity contribution in [2.45, 2.75) is 46.6 Å². The third-order valence-corrected chi connectivity index (χ3v) is 3.51. The van der Waals surface area contributed by atoms with E-state index < -0.39 is 0 Å². The SMILES string of the molecule is CCC(N)Cc1cc(C)c(OCC(C)C(N)=O)c(C)c1. The predicted molar refractivity (Wildman–Crippen MR) is 81.7 cm³/mol. The summed E-state index contributed by atoms with van der Waals surface area (Å²) in [6.07, 6.45) is 1.84. The Morgan fingerprint density at radius 1 is 1.30 bits per heavy atom. The van der Waals surface area contributed by atoms with E-state index in [0.717, 1.165) is 29.7 Å². The van der Waals surface area contributed by atoms with E-state index in [9.17, 15) is 4.79 Å². The maximum Gasteiger partial charge on any atom is 0.223 e. The van der Waals surface area contributed by atoms with Crippen molar-refractivity contribution < 1.29 is 9.53 Å². The van der Waals surface area contributed by atoms with E-state index in [1.165, 1.54) is 5.56 Å². The van der Waals surface area contributed by atoms with Gasteiger partial charge in [0.15, 0.2) is 0 Å². The maximum atomic E-state index is 11.0. The summed E-state index contributed by atoms with van der Waals surface area (Å²) in [5, 5.41) is 0. The summed E-state index contributed by atoms with van der Waals surface area (Å²) in [6.45, 7) is 8.19. The molecular weight excluding hydrogens is 252 g/mol. The van der Waals surface area contributed by atoms with Crippen LogP contribution < -0.4 is 16.2 Å². The normalized spacial score (nSPS) is 13.8. The van der Waals surface area contributed by atoms with Crippen LogP contribution in [0.1, 0.15) is 37.0 Å². The zero-order valence-corrected chi connectivity index (χ0v) is 12.9. The first-order chi connectivity index (χ1) is 9.35. The zero-order valence-electron chi connectivity index (χ0n) is 12.9. The second-order valence-electron chi connectivity index (χ2n) is 5.55. The largest absolute Gasteiger partial charge is 0.492 e. The second-order valence-corrected chi connectivity index (χ2v) is 5.55. The molecule has 1 amide bonds. The molecule has 0 saturated carbocycles. The number of hydrogen-bond donors (Lipinski definition) is 2. The minimum atomic E-state index is -0.342. The Hall–Kier alpha value is -1.55. The molecule has 0 heterocycles. The molecule has 1 rings (SSSR count). The molecule has 0 aromatic heterocycles. The molecule has 0 fully saturated rings. The quantitative estimate of drug-likeness (QED) is 0.801. The third-order valence-electron chi connectivity index (χ3n) is 3.51. The molecule has 0 bridgehead atoms. The minimum Gasteiger partial charge on any atom is -0.492 e. The molecule has 20 heavy (non-hydrogen) atoms. The lowest BCUT2D eigenvalue weighted by Gasteiger charge is -2.17. The highest BCUT2D eigenvalue weighted by Crippen LogP contribution is 2.26. The van der Waals surface area contributed by atoms with Crippen LogP contribution in [0.4, 0.5) is 0 Å². The Morgan fingerprint density at radius 3 is 2.30 bits per heavy atom. The zero-order chi connectivity index (χ0) is 15.3. The highest BCUT2D eigenvalue weighted by molar-refractivity contribution is 5.76. The highest BCUT2D eigenvalue weighted by Gasteiger charge is 2.13. The Balaban J connectivity index is 2.81. The maximum absolute atomic E-state index is 11.0. The van der Waals surface area contributed by atoms with Crippen LogP contribution in [0.25, 0.3) is 0 Å². The van der Waals surface area contributed by atoms with Crippen molar-refractivity contribution in [3.63, 3.8) is 0 Å². The lowest BCUT2D eigenvalue weighted by molar-refractivity contribution is -0.122. The molecule has 4 N–H and O–H groups in total. The number of ether oxygens (including phenoxy) is 1. The van der Waals surface area contributed by atoms with E-state index >= 15 is 0 Å². The molecule has 4 heteroatoms. The molecule has 1 aromatic rings. The number of carbonyl (C=O) groups excluding carboxylic acids is 1. The standard InChI is InChI=1S/C16H26N2O2/c1-5-14(17)8-13-6-10(2)15(11(3)7-13)20-9-12(4)16(18)19/h6-7,12,14H,5,8-9,17H2,1-4H3,(H2,18,19). The number of rotatable bonds is 7. The molecule has 0 aliphatic carbocycles. The fraction of sp³-hybridized carbons (Fsp3) is 0.562. The number of benzene rings is 1. The van der Waals surface area contributed by atoms with E-state index in [1.54, 1.807) is 6.92 Å². The van der Waals surface area contributed by atoms with E-state index in [1.807, 2.05) is 13.8 Å². The van der Waals surface area contributed by atoms with Crippen LogP contribution in [0.2, 0.25) is 0 Å². The van der Waals surface area contributed by atoms with Crippen LogP contribution in [0.3, 0.4) is 0 Å². The summed E-state index contributed by atoms with van der Waals surface area (Å²) >= 11 is 0. The van der Waals surface area contributed by atoms with Gasteiger partial charge in [0.2, 0.25) is 5.91 Å². The van der Waals surface area contributed by atoms with E-state index in [4.69, 9.17) is 16.2 Å². The van der Waals surface area contributed by atoms with Crippen molar-refractivity contribution in [1.29, 1.82) is 0 Å². The van der Waals surface area contributed by atoms with Crippen molar-refractivity contribution in [1.82, 2.24) is 0 Å². The van der Waals surface area contributed by atoms with Gasteiger partial charge in [-0.3, -0.25) is 4.79 Å². The number of hydrogen-bond acceptors (Lipinski definition) is 3. The lowest BCUT2D eigenvalue weighted by atomic mass is 9.99. The average Bonchev–Trinajstić information content (AvgIpc) is 2.37. The van der Waals surface area contributed by atoms with E-state index in [-0.39, 0.29) is 17.9 Å². The molecule has 0 aliphatic rings. The molecule has 2 atom stereocenters. The Labute approximate surface area is 121 Å². The van der Waals surface area contributed by atoms with Gasteiger partial charge in [-0.05, 0) is 43.4 Å². The van der Waals surface area contributed by atoms with Crippen LogP contribution in [-0.4, -0.2) is 18.6 Å². The van der Waals surface area contributed by atoms with Gasteiger partial charge in [0.25, 0.3) is 0 Å². The molecule has 112 valence electrons. The second kappa shape index (κ2) is 7.29. The first-order valence-corrected chi connectivity index (χ1v) is 7.13. The van der Waals surface area contributed by atoms with Gasteiger partial charge in [-0.1, -0.05) is 26.0 Å². The first-order valence-electron chi connectivity index (χ1n) is 7.13. The Bertz CT molecular complexity index is 449. The Morgan fingerprint density at radius 2 is 1.85 bits per heavy atom. The smallest absolute Gasteiger partial charge is 0.223 e. The molecular formula is C16H26N2O2. The fourth-order valence-electron chi connectivity index (χ4n) is 2.12. The highest BCUT2D eigenvalue weighted by atomic mass is 16.5. The number of nitrogens with two attached hydrogens (primary N) is 2. The van der Waals surface area contributed by atoms with Crippen molar-refractivity contribution in [3.05, 3.63) is 28.8 Å². The van der Waals surface area contributed by atoms with Gasteiger partial charge in [0, 0.05) is 6.04 Å². The molecule has 0 radical (unpaired) electrons. The summed E-state index contributed by atoms with van der Waals surface area (Å²) < 4.78 is 5.74. The van der Waals surface area contributed by atoms with Crippen LogP contribution >= 0.6 is 0 Å². The van der Waals surface area contributed by atoms with Crippen LogP contribution in [-0.2, 0) is 11.2 Å². The van der Waals surface area contributed by atoms with E-state index in [0.29, 0.717) is 6.61 Å². The summed E-state index contributed by atoms with van der Waals surface area (Å²) in [4.78, 5) is 11.0. The molecule has 4 nitrogen and oxygen atoms in total. The summed E-state index contributed by atoms with van der Waals surface area (Å²) in [6, 6.07) is 4.40. The monoisotopic (exact) mass is 278 g/mol.